The van der Waals surface area contributed by atoms with Crippen molar-refractivity contribution in [2.75, 3.05) is 32.2 Å². The number of rotatable bonds is 6. The van der Waals surface area contributed by atoms with Gasteiger partial charge in [0.1, 0.15) is 0 Å². The molecule has 0 aliphatic rings. The van der Waals surface area contributed by atoms with E-state index in [0.29, 0.717) is 11.3 Å². The van der Waals surface area contributed by atoms with E-state index < -0.39 is 21.6 Å². The quantitative estimate of drug-likeness (QED) is 0.820. The highest BCUT2D eigenvalue weighted by Crippen LogP contribution is 2.32. The van der Waals surface area contributed by atoms with Gasteiger partial charge in [-0.25, -0.2) is 8.42 Å². The monoisotopic (exact) mass is 386 g/mol. The lowest BCUT2D eigenvalue weighted by atomic mass is 10.0. The van der Waals surface area contributed by atoms with E-state index in [1.54, 1.807) is 43.3 Å². The minimum Gasteiger partial charge on any atom is -0.382 e. The molecule has 0 aromatic heterocycles. The molecule has 142 valence electrons. The van der Waals surface area contributed by atoms with Gasteiger partial charge >= 0.3 is 6.18 Å². The summed E-state index contributed by atoms with van der Waals surface area (Å²) in [6, 6.07) is 11.2. The zero-order valence-electron chi connectivity index (χ0n) is 14.7. The number of sulfone groups is 1. The number of para-hydroxylation sites is 1. The Balaban J connectivity index is 2.29. The highest BCUT2D eigenvalue weighted by atomic mass is 32.2. The van der Waals surface area contributed by atoms with Crippen molar-refractivity contribution in [1.82, 2.24) is 4.90 Å². The van der Waals surface area contributed by atoms with Gasteiger partial charge in [0.05, 0.1) is 22.2 Å². The Labute approximate surface area is 151 Å². The molecule has 0 bridgehead atoms. The predicted molar refractivity (Wildman–Crippen MR) is 95.9 cm³/mol. The smallest absolute Gasteiger partial charge is 0.382 e. The third kappa shape index (κ3) is 4.98. The maximum absolute atomic E-state index is 13.0. The van der Waals surface area contributed by atoms with Gasteiger partial charge in [-0.05, 0) is 43.9 Å². The van der Waals surface area contributed by atoms with E-state index >= 15 is 0 Å². The molecule has 4 nitrogen and oxygen atoms in total. The fourth-order valence-corrected chi connectivity index (χ4v) is 3.53. The van der Waals surface area contributed by atoms with Crippen molar-refractivity contribution in [1.29, 1.82) is 0 Å². The molecule has 1 unspecified atom stereocenters. The first kappa shape index (κ1) is 20.3. The zero-order chi connectivity index (χ0) is 19.5. The number of nitrogens with zero attached hydrogens (tertiary/aromatic N) is 1. The summed E-state index contributed by atoms with van der Waals surface area (Å²) in [6.45, 7) is 0.251. The van der Waals surface area contributed by atoms with Crippen LogP contribution in [0.1, 0.15) is 17.2 Å². The summed E-state index contributed by atoms with van der Waals surface area (Å²) in [7, 11) is 0.101. The van der Waals surface area contributed by atoms with Gasteiger partial charge in [0.15, 0.2) is 9.84 Å². The first-order valence-corrected chi connectivity index (χ1v) is 9.76. The van der Waals surface area contributed by atoms with Crippen LogP contribution in [0.4, 0.5) is 18.9 Å². The number of hydrogen-bond acceptors (Lipinski definition) is 4. The van der Waals surface area contributed by atoms with Gasteiger partial charge in [-0.3, -0.25) is 0 Å². The molecule has 0 amide bonds. The molecule has 26 heavy (non-hydrogen) atoms. The number of hydrogen-bond donors (Lipinski definition) is 1. The molecule has 0 radical (unpaired) electrons. The van der Waals surface area contributed by atoms with Crippen molar-refractivity contribution in [2.24, 2.45) is 0 Å². The Hall–Kier alpha value is -2.06. The van der Waals surface area contributed by atoms with E-state index in [1.165, 1.54) is 12.1 Å². The maximum Gasteiger partial charge on any atom is 0.416 e. The molecular weight excluding hydrogens is 365 g/mol. The van der Waals surface area contributed by atoms with Gasteiger partial charge in [-0.2, -0.15) is 13.2 Å². The summed E-state index contributed by atoms with van der Waals surface area (Å²) in [6.07, 6.45) is -3.30. The molecule has 8 heteroatoms. The topological polar surface area (TPSA) is 49.4 Å². The average Bonchev–Trinajstić information content (AvgIpc) is 2.54. The third-order valence-corrected chi connectivity index (χ3v) is 5.15. The van der Waals surface area contributed by atoms with Crippen LogP contribution in [0.5, 0.6) is 0 Å². The standard InChI is InChI=1S/C18H21F3N2O2S/c1-23(2)16(13-7-6-8-14(11-13)18(19,20)21)12-22-15-9-4-5-10-17(15)26(3,24)25/h4-11,16,22H,12H2,1-3H3. The molecule has 2 rings (SSSR count). The Morgan fingerprint density at radius 3 is 2.31 bits per heavy atom. The maximum atomic E-state index is 13.0. The van der Waals surface area contributed by atoms with Gasteiger partial charge in [0.25, 0.3) is 0 Å². The second-order valence-electron chi connectivity index (χ2n) is 6.25. The molecule has 1 N–H and O–H groups in total. The first-order valence-electron chi connectivity index (χ1n) is 7.86. The summed E-state index contributed by atoms with van der Waals surface area (Å²) in [5.74, 6) is 0. The van der Waals surface area contributed by atoms with Crippen LogP contribution in [0.15, 0.2) is 53.4 Å². The van der Waals surface area contributed by atoms with Crippen molar-refractivity contribution in [3.05, 3.63) is 59.7 Å². The number of nitrogens with one attached hydrogen (secondary N) is 1. The number of alkyl halides is 3. The Bertz CT molecular complexity index is 865. The zero-order valence-corrected chi connectivity index (χ0v) is 15.5. The van der Waals surface area contributed by atoms with E-state index in [-0.39, 0.29) is 17.5 Å². The Morgan fingerprint density at radius 2 is 1.73 bits per heavy atom. The van der Waals surface area contributed by atoms with Crippen LogP contribution in [0, 0.1) is 0 Å². The minimum absolute atomic E-state index is 0.154. The molecular formula is C18H21F3N2O2S. The fourth-order valence-electron chi connectivity index (χ4n) is 2.66. The van der Waals surface area contributed by atoms with Crippen LogP contribution in [0.25, 0.3) is 0 Å². The Morgan fingerprint density at radius 1 is 1.08 bits per heavy atom. The SMILES string of the molecule is CN(C)C(CNc1ccccc1S(C)(=O)=O)c1cccc(C(F)(F)F)c1. The summed E-state index contributed by atoms with van der Waals surface area (Å²) in [5.41, 5.74) is 0.210. The van der Waals surface area contributed by atoms with Crippen LogP contribution in [0.2, 0.25) is 0 Å². The third-order valence-electron chi connectivity index (χ3n) is 3.99. The van der Waals surface area contributed by atoms with Gasteiger partial charge < -0.3 is 10.2 Å². The van der Waals surface area contributed by atoms with Crippen LogP contribution >= 0.6 is 0 Å². The summed E-state index contributed by atoms with van der Waals surface area (Å²) < 4.78 is 62.7. The van der Waals surface area contributed by atoms with E-state index in [2.05, 4.69) is 5.32 Å². The fraction of sp³-hybridized carbons (Fsp3) is 0.333. The second kappa shape index (κ2) is 7.67. The highest BCUT2D eigenvalue weighted by molar-refractivity contribution is 7.90. The van der Waals surface area contributed by atoms with Gasteiger partial charge in [0.2, 0.25) is 0 Å². The largest absolute Gasteiger partial charge is 0.416 e. The molecule has 0 spiro atoms. The predicted octanol–water partition coefficient (Wildman–Crippen LogP) is 3.82. The van der Waals surface area contributed by atoms with E-state index in [1.807, 2.05) is 0 Å². The minimum atomic E-state index is -4.41. The van der Waals surface area contributed by atoms with Gasteiger partial charge in [-0.15, -0.1) is 0 Å². The molecule has 1 atom stereocenters. The van der Waals surface area contributed by atoms with Crippen LogP contribution < -0.4 is 5.32 Å². The summed E-state index contributed by atoms with van der Waals surface area (Å²) >= 11 is 0. The number of benzene rings is 2. The lowest BCUT2D eigenvalue weighted by Crippen LogP contribution is -2.27. The van der Waals surface area contributed by atoms with Gasteiger partial charge in [-0.1, -0.05) is 24.3 Å². The van der Waals surface area contributed by atoms with E-state index in [0.717, 1.165) is 18.4 Å². The van der Waals surface area contributed by atoms with Crippen molar-refractivity contribution >= 4 is 15.5 Å². The Kier molecular flexibility index (Phi) is 5.98. The molecule has 0 aliphatic carbocycles. The van der Waals surface area contributed by atoms with E-state index in [9.17, 15) is 21.6 Å². The molecule has 0 saturated carbocycles. The molecule has 2 aromatic rings. The number of halogens is 3. The molecule has 0 heterocycles. The van der Waals surface area contributed by atoms with E-state index in [4.69, 9.17) is 0 Å². The number of anilines is 1. The van der Waals surface area contributed by atoms with Crippen LogP contribution in [-0.2, 0) is 16.0 Å². The van der Waals surface area contributed by atoms with Crippen molar-refractivity contribution < 1.29 is 21.6 Å². The summed E-state index contributed by atoms with van der Waals surface area (Å²) in [5, 5.41) is 3.06. The van der Waals surface area contributed by atoms with Crippen LogP contribution in [0.3, 0.4) is 0 Å². The molecule has 0 aliphatic heterocycles. The van der Waals surface area contributed by atoms with Crippen LogP contribution in [-0.4, -0.2) is 40.2 Å². The molecule has 2 aromatic carbocycles. The lowest BCUT2D eigenvalue weighted by molar-refractivity contribution is -0.137. The normalized spacial score (nSPS) is 13.7. The number of likely N-dealkylation sites (N-methyl/N-ethyl adjacent to an activating group) is 1. The van der Waals surface area contributed by atoms with Crippen molar-refractivity contribution in [3.63, 3.8) is 0 Å². The highest BCUT2D eigenvalue weighted by Gasteiger charge is 2.31. The lowest BCUT2D eigenvalue weighted by Gasteiger charge is -2.26. The first-order chi connectivity index (χ1) is 12.0. The molecule has 0 fully saturated rings. The van der Waals surface area contributed by atoms with Crippen molar-refractivity contribution in [2.45, 2.75) is 17.1 Å². The second-order valence-corrected chi connectivity index (χ2v) is 8.24. The van der Waals surface area contributed by atoms with Gasteiger partial charge in [0, 0.05) is 12.8 Å². The summed E-state index contributed by atoms with van der Waals surface area (Å²) in [4.78, 5) is 1.94. The average molecular weight is 386 g/mol. The van der Waals surface area contributed by atoms with Crippen molar-refractivity contribution in [3.8, 4) is 0 Å². The molecule has 0 saturated heterocycles.